The van der Waals surface area contributed by atoms with Gasteiger partial charge in [-0.3, -0.25) is 9.69 Å². The van der Waals surface area contributed by atoms with E-state index in [0.29, 0.717) is 19.0 Å². The van der Waals surface area contributed by atoms with Crippen molar-refractivity contribution >= 4 is 17.2 Å². The molecule has 1 aliphatic rings. The van der Waals surface area contributed by atoms with E-state index in [1.807, 2.05) is 11.4 Å². The molecule has 22 heavy (non-hydrogen) atoms. The largest absolute Gasteiger partial charge is 0.350 e. The molecule has 0 unspecified atom stereocenters. The summed E-state index contributed by atoms with van der Waals surface area (Å²) in [5, 5.41) is 5.04. The highest BCUT2D eigenvalue weighted by Crippen LogP contribution is 2.27. The number of nitrogens with zero attached hydrogens (tertiary/aromatic N) is 1. The van der Waals surface area contributed by atoms with Crippen LogP contribution in [-0.2, 0) is 11.3 Å². The van der Waals surface area contributed by atoms with Crippen LogP contribution < -0.4 is 5.32 Å². The van der Waals surface area contributed by atoms with E-state index in [1.165, 1.54) is 10.4 Å². The fraction of sp³-hybridized carbons (Fsp3) is 0.389. The van der Waals surface area contributed by atoms with E-state index in [0.717, 1.165) is 25.9 Å². The average molecular weight is 314 g/mol. The van der Waals surface area contributed by atoms with Gasteiger partial charge in [0.05, 0.1) is 13.1 Å². The summed E-state index contributed by atoms with van der Waals surface area (Å²) in [4.78, 5) is 15.5. The molecule has 1 fully saturated rings. The first-order valence-corrected chi connectivity index (χ1v) is 8.75. The topological polar surface area (TPSA) is 32.3 Å². The van der Waals surface area contributed by atoms with Crippen molar-refractivity contribution in [1.82, 2.24) is 10.2 Å². The lowest BCUT2D eigenvalue weighted by Gasteiger charge is -2.31. The van der Waals surface area contributed by atoms with Gasteiger partial charge in [-0.05, 0) is 48.9 Å². The summed E-state index contributed by atoms with van der Waals surface area (Å²) in [6.45, 7) is 3.18. The van der Waals surface area contributed by atoms with Gasteiger partial charge in [0.1, 0.15) is 0 Å². The minimum absolute atomic E-state index is 0.131. The first-order chi connectivity index (χ1) is 10.8. The number of nitrogens with one attached hydrogen (secondary N) is 1. The molecule has 1 saturated heterocycles. The molecule has 0 atom stereocenters. The second-order valence-corrected chi connectivity index (χ2v) is 6.85. The minimum Gasteiger partial charge on any atom is -0.350 e. The van der Waals surface area contributed by atoms with Crippen molar-refractivity contribution in [3.8, 4) is 0 Å². The van der Waals surface area contributed by atoms with Gasteiger partial charge < -0.3 is 5.32 Å². The molecule has 3 rings (SSSR count). The Morgan fingerprint density at radius 3 is 2.59 bits per heavy atom. The van der Waals surface area contributed by atoms with Gasteiger partial charge in [-0.2, -0.15) is 0 Å². The average Bonchev–Trinajstić information content (AvgIpc) is 3.08. The molecule has 1 aromatic carbocycles. The predicted molar refractivity (Wildman–Crippen MR) is 91.0 cm³/mol. The maximum atomic E-state index is 12.0. The summed E-state index contributed by atoms with van der Waals surface area (Å²) in [7, 11) is 0. The quantitative estimate of drug-likeness (QED) is 0.919. The second-order valence-electron chi connectivity index (χ2n) is 5.82. The molecule has 116 valence electrons. The maximum Gasteiger partial charge on any atom is 0.234 e. The van der Waals surface area contributed by atoms with Crippen molar-refractivity contribution in [3.63, 3.8) is 0 Å². The molecule has 2 heterocycles. The van der Waals surface area contributed by atoms with Crippen molar-refractivity contribution < 1.29 is 4.79 Å². The number of carbonyl (C=O) groups is 1. The number of amides is 1. The third-order valence-electron chi connectivity index (χ3n) is 4.27. The van der Waals surface area contributed by atoms with Crippen LogP contribution >= 0.6 is 11.3 Å². The summed E-state index contributed by atoms with van der Waals surface area (Å²) in [6, 6.07) is 14.8. The maximum absolute atomic E-state index is 12.0. The van der Waals surface area contributed by atoms with Crippen LogP contribution in [-0.4, -0.2) is 30.4 Å². The van der Waals surface area contributed by atoms with Crippen LogP contribution in [0.25, 0.3) is 0 Å². The van der Waals surface area contributed by atoms with Gasteiger partial charge in [0.25, 0.3) is 0 Å². The molecule has 3 nitrogen and oxygen atoms in total. The fourth-order valence-corrected chi connectivity index (χ4v) is 3.65. The highest BCUT2D eigenvalue weighted by atomic mass is 32.1. The van der Waals surface area contributed by atoms with E-state index in [-0.39, 0.29) is 5.91 Å². The van der Waals surface area contributed by atoms with E-state index >= 15 is 0 Å². The monoisotopic (exact) mass is 314 g/mol. The summed E-state index contributed by atoms with van der Waals surface area (Å²) >= 11 is 1.68. The van der Waals surface area contributed by atoms with Crippen molar-refractivity contribution in [2.24, 2.45) is 0 Å². The second kappa shape index (κ2) is 7.56. The van der Waals surface area contributed by atoms with Crippen molar-refractivity contribution in [1.29, 1.82) is 0 Å². The van der Waals surface area contributed by atoms with Crippen LogP contribution in [0.1, 0.15) is 29.2 Å². The van der Waals surface area contributed by atoms with Crippen molar-refractivity contribution in [2.75, 3.05) is 19.6 Å². The molecular formula is C18H22N2OS. The predicted octanol–water partition coefficient (Wildman–Crippen LogP) is 3.24. The lowest BCUT2D eigenvalue weighted by molar-refractivity contribution is -0.122. The molecule has 1 aromatic heterocycles. The molecule has 2 aromatic rings. The van der Waals surface area contributed by atoms with E-state index < -0.39 is 0 Å². The van der Waals surface area contributed by atoms with E-state index in [4.69, 9.17) is 0 Å². The molecule has 1 N–H and O–H groups in total. The fourth-order valence-electron chi connectivity index (χ4n) is 3.01. The number of thiophene rings is 1. The lowest BCUT2D eigenvalue weighted by Crippen LogP contribution is -2.40. The van der Waals surface area contributed by atoms with Crippen molar-refractivity contribution in [3.05, 3.63) is 58.3 Å². The number of likely N-dealkylation sites (tertiary alicyclic amines) is 1. The SMILES string of the molecule is O=C(CN1CCC(c2ccccc2)CC1)NCc1cccs1. The van der Waals surface area contributed by atoms with E-state index in [9.17, 15) is 4.79 Å². The summed E-state index contributed by atoms with van der Waals surface area (Å²) < 4.78 is 0. The standard InChI is InChI=1S/C18H22N2OS/c21-18(19-13-17-7-4-12-22-17)14-20-10-8-16(9-11-20)15-5-2-1-3-6-15/h1-7,12,16H,8-11,13-14H2,(H,19,21). The summed E-state index contributed by atoms with van der Waals surface area (Å²) in [6.07, 6.45) is 2.28. The van der Waals surface area contributed by atoms with Crippen LogP contribution in [0.4, 0.5) is 0 Å². The van der Waals surface area contributed by atoms with Gasteiger partial charge in [0, 0.05) is 4.88 Å². The smallest absolute Gasteiger partial charge is 0.234 e. The van der Waals surface area contributed by atoms with Gasteiger partial charge in [-0.15, -0.1) is 11.3 Å². The van der Waals surface area contributed by atoms with Crippen molar-refractivity contribution in [2.45, 2.75) is 25.3 Å². The molecule has 0 bridgehead atoms. The van der Waals surface area contributed by atoms with Gasteiger partial charge in [-0.1, -0.05) is 36.4 Å². The molecular weight excluding hydrogens is 292 g/mol. The Morgan fingerprint density at radius 2 is 1.91 bits per heavy atom. The van der Waals surface area contributed by atoms with Crippen LogP contribution in [0.3, 0.4) is 0 Å². The number of piperidine rings is 1. The lowest BCUT2D eigenvalue weighted by atomic mass is 9.89. The molecule has 1 amide bonds. The van der Waals surface area contributed by atoms with E-state index in [1.54, 1.807) is 11.3 Å². The van der Waals surface area contributed by atoms with Crippen LogP contribution in [0.15, 0.2) is 47.8 Å². The number of hydrogen-bond donors (Lipinski definition) is 1. The minimum atomic E-state index is 0.131. The zero-order valence-electron chi connectivity index (χ0n) is 12.7. The van der Waals surface area contributed by atoms with Gasteiger partial charge in [-0.25, -0.2) is 0 Å². The molecule has 0 radical (unpaired) electrons. The zero-order valence-corrected chi connectivity index (χ0v) is 13.5. The third kappa shape index (κ3) is 4.18. The Morgan fingerprint density at radius 1 is 1.14 bits per heavy atom. The normalized spacial score (nSPS) is 16.5. The summed E-state index contributed by atoms with van der Waals surface area (Å²) in [5.41, 5.74) is 1.43. The highest BCUT2D eigenvalue weighted by molar-refractivity contribution is 7.09. The first-order valence-electron chi connectivity index (χ1n) is 7.87. The molecule has 4 heteroatoms. The molecule has 0 aliphatic carbocycles. The third-order valence-corrected chi connectivity index (χ3v) is 5.14. The molecule has 0 saturated carbocycles. The highest BCUT2D eigenvalue weighted by Gasteiger charge is 2.21. The number of hydrogen-bond acceptors (Lipinski definition) is 3. The first kappa shape index (κ1) is 15.3. The number of benzene rings is 1. The number of rotatable bonds is 5. The molecule has 1 aliphatic heterocycles. The Balaban J connectivity index is 1.41. The van der Waals surface area contributed by atoms with Crippen LogP contribution in [0, 0.1) is 0 Å². The zero-order chi connectivity index (χ0) is 15.2. The van der Waals surface area contributed by atoms with Gasteiger partial charge in [0.2, 0.25) is 5.91 Å². The van der Waals surface area contributed by atoms with Gasteiger partial charge in [0.15, 0.2) is 0 Å². The van der Waals surface area contributed by atoms with Gasteiger partial charge >= 0.3 is 0 Å². The number of carbonyl (C=O) groups excluding carboxylic acids is 1. The van der Waals surface area contributed by atoms with Crippen LogP contribution in [0.2, 0.25) is 0 Å². The van der Waals surface area contributed by atoms with Crippen LogP contribution in [0.5, 0.6) is 0 Å². The Hall–Kier alpha value is -1.65. The Bertz CT molecular complexity index is 574. The Labute approximate surface area is 136 Å². The Kier molecular flexibility index (Phi) is 5.24. The summed E-state index contributed by atoms with van der Waals surface area (Å²) in [5.74, 6) is 0.776. The molecule has 0 spiro atoms. The van der Waals surface area contributed by atoms with E-state index in [2.05, 4.69) is 46.6 Å².